The zero-order valence-electron chi connectivity index (χ0n) is 17.7. The van der Waals surface area contributed by atoms with Crippen LogP contribution in [0.1, 0.15) is 25.7 Å². The van der Waals surface area contributed by atoms with Crippen molar-refractivity contribution in [1.82, 2.24) is 14.5 Å². The first-order valence-corrected chi connectivity index (χ1v) is 10.9. The smallest absolute Gasteiger partial charge is 0.251 e. The number of ether oxygens (including phenoxy) is 3. The first-order chi connectivity index (χ1) is 15.2. The molecule has 7 heteroatoms. The van der Waals surface area contributed by atoms with Crippen LogP contribution >= 0.6 is 0 Å². The van der Waals surface area contributed by atoms with E-state index in [9.17, 15) is 4.79 Å². The zero-order valence-corrected chi connectivity index (χ0v) is 17.7. The number of pyridine rings is 1. The fraction of sp³-hybridized carbons (Fsp3) is 0.417. The van der Waals surface area contributed by atoms with Crippen LogP contribution in [0, 0.1) is 0 Å². The molecule has 1 aromatic carbocycles. The number of benzene rings is 1. The summed E-state index contributed by atoms with van der Waals surface area (Å²) in [4.78, 5) is 14.4. The van der Waals surface area contributed by atoms with E-state index in [0.717, 1.165) is 66.9 Å². The van der Waals surface area contributed by atoms with E-state index < -0.39 is 0 Å². The van der Waals surface area contributed by atoms with Crippen LogP contribution in [-0.4, -0.2) is 59.4 Å². The summed E-state index contributed by atoms with van der Waals surface area (Å²) in [6, 6.07) is 12.1. The van der Waals surface area contributed by atoms with Crippen LogP contribution in [0.3, 0.4) is 0 Å². The molecule has 2 aliphatic rings. The lowest BCUT2D eigenvalue weighted by Crippen LogP contribution is -2.45. The van der Waals surface area contributed by atoms with Gasteiger partial charge in [0.15, 0.2) is 0 Å². The van der Waals surface area contributed by atoms with Gasteiger partial charge in [0.05, 0.1) is 13.3 Å². The normalized spacial score (nSPS) is 19.6. The maximum absolute atomic E-state index is 12.5. The monoisotopic (exact) mass is 421 g/mol. The second-order valence-electron chi connectivity index (χ2n) is 8.13. The quantitative estimate of drug-likeness (QED) is 0.630. The molecule has 0 aliphatic carbocycles. The standard InChI is InChI=1S/C24H27N3O4/c1-29-23-15-18(16-27-21(23)8-11-25-27)17-4-6-19(7-5-17)31-20-9-12-26(13-10-20)24(28)22-3-2-14-30-22/h4-8,11,15-16,20,22H,2-3,9-10,12-14H2,1H3. The van der Waals surface area contributed by atoms with E-state index in [2.05, 4.69) is 17.2 Å². The predicted octanol–water partition coefficient (Wildman–Crippen LogP) is 3.56. The fourth-order valence-electron chi connectivity index (χ4n) is 4.41. The first-order valence-electron chi connectivity index (χ1n) is 10.9. The number of piperidine rings is 1. The summed E-state index contributed by atoms with van der Waals surface area (Å²) >= 11 is 0. The Hall–Kier alpha value is -3.06. The molecule has 1 atom stereocenters. The van der Waals surface area contributed by atoms with Gasteiger partial charge >= 0.3 is 0 Å². The third-order valence-electron chi connectivity index (χ3n) is 6.14. The molecule has 2 aliphatic heterocycles. The highest BCUT2D eigenvalue weighted by atomic mass is 16.5. The number of hydrogen-bond acceptors (Lipinski definition) is 5. The Bertz CT molecular complexity index is 1050. The van der Waals surface area contributed by atoms with Crippen molar-refractivity contribution < 1.29 is 19.0 Å². The van der Waals surface area contributed by atoms with Crippen molar-refractivity contribution in [3.8, 4) is 22.6 Å². The number of nitrogens with zero attached hydrogens (tertiary/aromatic N) is 3. The molecule has 0 N–H and O–H groups in total. The van der Waals surface area contributed by atoms with Crippen molar-refractivity contribution in [1.29, 1.82) is 0 Å². The fourth-order valence-corrected chi connectivity index (χ4v) is 4.41. The Kier molecular flexibility index (Phi) is 5.51. The number of carbonyl (C=O) groups is 1. The number of amides is 1. The summed E-state index contributed by atoms with van der Waals surface area (Å²) < 4.78 is 19.1. The summed E-state index contributed by atoms with van der Waals surface area (Å²) in [6.07, 6.45) is 7.16. The number of likely N-dealkylation sites (tertiary alicyclic amines) is 1. The highest BCUT2D eigenvalue weighted by Gasteiger charge is 2.31. The Morgan fingerprint density at radius 3 is 2.61 bits per heavy atom. The number of rotatable bonds is 5. The Balaban J connectivity index is 1.21. The van der Waals surface area contributed by atoms with Crippen molar-refractivity contribution in [3.05, 3.63) is 48.8 Å². The molecule has 2 saturated heterocycles. The van der Waals surface area contributed by atoms with Crippen molar-refractivity contribution in [3.63, 3.8) is 0 Å². The second-order valence-corrected chi connectivity index (χ2v) is 8.13. The lowest BCUT2D eigenvalue weighted by molar-refractivity contribution is -0.142. The minimum atomic E-state index is -0.232. The van der Waals surface area contributed by atoms with Crippen molar-refractivity contribution in [2.75, 3.05) is 26.8 Å². The Morgan fingerprint density at radius 2 is 1.90 bits per heavy atom. The third kappa shape index (κ3) is 4.10. The SMILES string of the molecule is COc1cc(-c2ccc(OC3CCN(C(=O)C4CCCO4)CC3)cc2)cn2nccc12. The molecule has 0 spiro atoms. The van der Waals surface area contributed by atoms with E-state index in [1.165, 1.54) is 0 Å². The van der Waals surface area contributed by atoms with Crippen LogP contribution in [0.15, 0.2) is 48.8 Å². The minimum Gasteiger partial charge on any atom is -0.494 e. The number of aromatic nitrogens is 2. The maximum atomic E-state index is 12.5. The molecular weight excluding hydrogens is 394 g/mol. The van der Waals surface area contributed by atoms with Gasteiger partial charge in [0, 0.05) is 44.3 Å². The predicted molar refractivity (Wildman–Crippen MR) is 116 cm³/mol. The van der Waals surface area contributed by atoms with E-state index in [1.807, 2.05) is 39.9 Å². The molecule has 7 nitrogen and oxygen atoms in total. The van der Waals surface area contributed by atoms with Crippen molar-refractivity contribution in [2.24, 2.45) is 0 Å². The van der Waals surface area contributed by atoms with Gasteiger partial charge in [0.25, 0.3) is 5.91 Å². The van der Waals surface area contributed by atoms with E-state index in [-0.39, 0.29) is 18.1 Å². The van der Waals surface area contributed by atoms with Gasteiger partial charge in [0.1, 0.15) is 29.2 Å². The van der Waals surface area contributed by atoms with Crippen LogP contribution < -0.4 is 9.47 Å². The molecule has 1 amide bonds. The van der Waals surface area contributed by atoms with E-state index in [4.69, 9.17) is 14.2 Å². The highest BCUT2D eigenvalue weighted by molar-refractivity contribution is 5.81. The average molecular weight is 421 g/mol. The topological polar surface area (TPSA) is 65.3 Å². The number of hydrogen-bond donors (Lipinski definition) is 0. The molecule has 1 unspecified atom stereocenters. The molecular formula is C24H27N3O4. The largest absolute Gasteiger partial charge is 0.494 e. The molecule has 3 aromatic rings. The number of methoxy groups -OCH3 is 1. The molecule has 0 radical (unpaired) electrons. The second kappa shape index (κ2) is 8.59. The molecule has 5 rings (SSSR count). The molecule has 0 saturated carbocycles. The molecule has 2 aromatic heterocycles. The maximum Gasteiger partial charge on any atom is 0.251 e. The van der Waals surface area contributed by atoms with Gasteiger partial charge in [-0.1, -0.05) is 12.1 Å². The minimum absolute atomic E-state index is 0.125. The highest BCUT2D eigenvalue weighted by Crippen LogP contribution is 2.29. The van der Waals surface area contributed by atoms with Crippen LogP contribution in [0.2, 0.25) is 0 Å². The van der Waals surface area contributed by atoms with E-state index >= 15 is 0 Å². The van der Waals surface area contributed by atoms with Gasteiger partial charge in [-0.2, -0.15) is 5.10 Å². The Morgan fingerprint density at radius 1 is 1.10 bits per heavy atom. The summed E-state index contributed by atoms with van der Waals surface area (Å²) in [5.41, 5.74) is 3.04. The molecule has 31 heavy (non-hydrogen) atoms. The summed E-state index contributed by atoms with van der Waals surface area (Å²) in [5, 5.41) is 4.33. The van der Waals surface area contributed by atoms with Crippen molar-refractivity contribution in [2.45, 2.75) is 37.9 Å². The molecule has 162 valence electrons. The van der Waals surface area contributed by atoms with Gasteiger partial charge in [-0.05, 0) is 42.7 Å². The molecule has 2 fully saturated rings. The lowest BCUT2D eigenvalue weighted by Gasteiger charge is -2.33. The third-order valence-corrected chi connectivity index (χ3v) is 6.14. The van der Waals surface area contributed by atoms with Crippen LogP contribution in [-0.2, 0) is 9.53 Å². The Labute approximate surface area is 181 Å². The number of carbonyl (C=O) groups excluding carboxylic acids is 1. The van der Waals surface area contributed by atoms with Crippen LogP contribution in [0.5, 0.6) is 11.5 Å². The van der Waals surface area contributed by atoms with E-state index in [1.54, 1.807) is 13.3 Å². The van der Waals surface area contributed by atoms with Crippen LogP contribution in [0.4, 0.5) is 0 Å². The van der Waals surface area contributed by atoms with Gasteiger partial charge in [0.2, 0.25) is 0 Å². The summed E-state index contributed by atoms with van der Waals surface area (Å²) in [7, 11) is 1.67. The number of fused-ring (bicyclic) bond motifs is 1. The first kappa shape index (κ1) is 19.9. The van der Waals surface area contributed by atoms with Crippen molar-refractivity contribution >= 4 is 11.4 Å². The molecule has 4 heterocycles. The van der Waals surface area contributed by atoms with E-state index in [0.29, 0.717) is 6.61 Å². The summed E-state index contributed by atoms with van der Waals surface area (Å²) in [5.74, 6) is 1.78. The van der Waals surface area contributed by atoms with Gasteiger partial charge in [-0.15, -0.1) is 0 Å². The summed E-state index contributed by atoms with van der Waals surface area (Å²) in [6.45, 7) is 2.16. The zero-order chi connectivity index (χ0) is 21.2. The molecule has 0 bridgehead atoms. The van der Waals surface area contributed by atoms with Gasteiger partial charge in [-0.25, -0.2) is 4.52 Å². The lowest BCUT2D eigenvalue weighted by atomic mass is 10.1. The van der Waals surface area contributed by atoms with Gasteiger partial charge < -0.3 is 19.1 Å². The van der Waals surface area contributed by atoms with Crippen LogP contribution in [0.25, 0.3) is 16.6 Å². The average Bonchev–Trinajstić information content (AvgIpc) is 3.51. The van der Waals surface area contributed by atoms with Gasteiger partial charge in [-0.3, -0.25) is 4.79 Å².